The maximum Gasteiger partial charge on any atom is 0.322 e. The van der Waals surface area contributed by atoms with E-state index in [9.17, 15) is 9.90 Å². The van der Waals surface area contributed by atoms with Crippen LogP contribution in [0.5, 0.6) is 0 Å². The van der Waals surface area contributed by atoms with Crippen LogP contribution in [0.4, 0.5) is 23.3 Å². The number of anilines is 4. The van der Waals surface area contributed by atoms with E-state index in [1.807, 2.05) is 49.4 Å². The third-order valence-electron chi connectivity index (χ3n) is 5.86. The molecule has 4 aromatic rings. The molecule has 0 bridgehead atoms. The van der Waals surface area contributed by atoms with Gasteiger partial charge in [-0.3, -0.25) is 9.69 Å². The van der Waals surface area contributed by atoms with Gasteiger partial charge in [0.15, 0.2) is 5.82 Å². The Morgan fingerprint density at radius 2 is 1.78 bits per heavy atom. The fraction of sp³-hybridized carbons (Fsp3) is 0.231. The Kier molecular flexibility index (Phi) is 7.24. The summed E-state index contributed by atoms with van der Waals surface area (Å²) in [6, 6.07) is 16.7. The molecule has 3 aromatic heterocycles. The molecule has 4 N–H and O–H groups in total. The van der Waals surface area contributed by atoms with Crippen LogP contribution in [0.1, 0.15) is 11.3 Å². The van der Waals surface area contributed by atoms with Crippen LogP contribution in [0.25, 0.3) is 11.5 Å². The molecule has 0 radical (unpaired) electrons. The van der Waals surface area contributed by atoms with E-state index in [2.05, 4.69) is 45.8 Å². The molecule has 0 unspecified atom stereocenters. The molecule has 1 atom stereocenters. The molecule has 11 nitrogen and oxygen atoms in total. The van der Waals surface area contributed by atoms with E-state index < -0.39 is 12.0 Å². The van der Waals surface area contributed by atoms with E-state index in [0.717, 1.165) is 23.5 Å². The highest BCUT2D eigenvalue weighted by atomic mass is 16.4. The van der Waals surface area contributed by atoms with Crippen LogP contribution >= 0.6 is 0 Å². The topological polar surface area (TPSA) is 141 Å². The number of rotatable bonds is 8. The standard InChI is InChI=1S/C26H27N9O2/c1-17-3-2-4-20(30-17)24-28-11-9-22(33-24)32-23-10-12-29-26(34-23)31-19-7-5-18(6-8-19)15-35-14-13-27-21(16-35)25(36)37/h2-12,21,27H,13-16H2,1H3,(H,36,37)(H2,28,29,31,32,33,34)/t21-/m0/s1. The van der Waals surface area contributed by atoms with Gasteiger partial charge in [-0.25, -0.2) is 19.9 Å². The number of benzene rings is 1. The third kappa shape index (κ3) is 6.40. The highest BCUT2D eigenvalue weighted by molar-refractivity contribution is 5.73. The first-order valence-corrected chi connectivity index (χ1v) is 11.9. The molecule has 0 spiro atoms. The highest BCUT2D eigenvalue weighted by Crippen LogP contribution is 2.20. The average molecular weight is 498 g/mol. The molecular weight excluding hydrogens is 470 g/mol. The van der Waals surface area contributed by atoms with E-state index in [-0.39, 0.29) is 0 Å². The number of piperazine rings is 1. The number of pyridine rings is 1. The second-order valence-corrected chi connectivity index (χ2v) is 8.72. The van der Waals surface area contributed by atoms with Crippen molar-refractivity contribution in [3.05, 3.63) is 78.2 Å². The minimum Gasteiger partial charge on any atom is -0.480 e. The summed E-state index contributed by atoms with van der Waals surface area (Å²) >= 11 is 0. The lowest BCUT2D eigenvalue weighted by Crippen LogP contribution is -2.53. The Morgan fingerprint density at radius 1 is 1.00 bits per heavy atom. The molecule has 1 aromatic carbocycles. The van der Waals surface area contributed by atoms with Gasteiger partial charge in [0.2, 0.25) is 5.95 Å². The first-order valence-electron chi connectivity index (χ1n) is 11.9. The quantitative estimate of drug-likeness (QED) is 0.285. The van der Waals surface area contributed by atoms with Crippen LogP contribution < -0.4 is 16.0 Å². The van der Waals surface area contributed by atoms with Gasteiger partial charge < -0.3 is 21.1 Å². The number of aryl methyl sites for hydroxylation is 1. The smallest absolute Gasteiger partial charge is 0.322 e. The predicted molar refractivity (Wildman–Crippen MR) is 140 cm³/mol. The van der Waals surface area contributed by atoms with E-state index in [1.165, 1.54) is 0 Å². The number of carbonyl (C=O) groups is 1. The lowest BCUT2D eigenvalue weighted by molar-refractivity contribution is -0.140. The average Bonchev–Trinajstić information content (AvgIpc) is 2.90. The van der Waals surface area contributed by atoms with Crippen molar-refractivity contribution in [2.75, 3.05) is 30.3 Å². The first kappa shape index (κ1) is 24.2. The molecule has 1 aliphatic heterocycles. The maximum absolute atomic E-state index is 11.3. The van der Waals surface area contributed by atoms with Gasteiger partial charge in [0.05, 0.1) is 0 Å². The van der Waals surface area contributed by atoms with Gasteiger partial charge in [0.25, 0.3) is 0 Å². The Morgan fingerprint density at radius 3 is 2.57 bits per heavy atom. The number of nitrogens with one attached hydrogen (secondary N) is 3. The number of hydrogen-bond acceptors (Lipinski definition) is 10. The van der Waals surface area contributed by atoms with Gasteiger partial charge in [-0.05, 0) is 48.9 Å². The van der Waals surface area contributed by atoms with E-state index in [1.54, 1.807) is 24.5 Å². The number of aliphatic carboxylic acids is 1. The van der Waals surface area contributed by atoms with Crippen molar-refractivity contribution in [1.29, 1.82) is 0 Å². The predicted octanol–water partition coefficient (Wildman–Crippen LogP) is 2.98. The Hall–Kier alpha value is -4.48. The summed E-state index contributed by atoms with van der Waals surface area (Å²) < 4.78 is 0. The summed E-state index contributed by atoms with van der Waals surface area (Å²) in [5.41, 5.74) is 3.56. The molecule has 1 fully saturated rings. The number of aromatic nitrogens is 5. The van der Waals surface area contributed by atoms with Gasteiger partial charge >= 0.3 is 5.97 Å². The largest absolute Gasteiger partial charge is 0.480 e. The number of nitrogens with zero attached hydrogens (tertiary/aromatic N) is 6. The third-order valence-corrected chi connectivity index (χ3v) is 5.86. The number of carboxylic acid groups (broad SMARTS) is 1. The van der Waals surface area contributed by atoms with Gasteiger partial charge in [0, 0.05) is 50.0 Å². The van der Waals surface area contributed by atoms with Crippen LogP contribution in [-0.2, 0) is 11.3 Å². The summed E-state index contributed by atoms with van der Waals surface area (Å²) in [4.78, 5) is 35.6. The lowest BCUT2D eigenvalue weighted by Gasteiger charge is -2.31. The van der Waals surface area contributed by atoms with Crippen LogP contribution in [0.3, 0.4) is 0 Å². The van der Waals surface area contributed by atoms with Crippen LogP contribution in [-0.4, -0.2) is 66.6 Å². The van der Waals surface area contributed by atoms with Crippen molar-refractivity contribution in [3.8, 4) is 11.5 Å². The molecule has 0 saturated carbocycles. The van der Waals surface area contributed by atoms with Crippen molar-refractivity contribution in [1.82, 2.24) is 35.1 Å². The zero-order valence-electron chi connectivity index (χ0n) is 20.3. The molecule has 1 saturated heterocycles. The fourth-order valence-corrected chi connectivity index (χ4v) is 4.04. The molecule has 1 aliphatic rings. The molecule has 5 rings (SSSR count). The van der Waals surface area contributed by atoms with Crippen LogP contribution in [0.15, 0.2) is 67.0 Å². The minimum atomic E-state index is -0.815. The van der Waals surface area contributed by atoms with Gasteiger partial charge in [-0.1, -0.05) is 18.2 Å². The second kappa shape index (κ2) is 11.1. The lowest BCUT2D eigenvalue weighted by atomic mass is 10.1. The first-order chi connectivity index (χ1) is 18.0. The zero-order valence-corrected chi connectivity index (χ0v) is 20.3. The minimum absolute atomic E-state index is 0.443. The van der Waals surface area contributed by atoms with Crippen molar-refractivity contribution < 1.29 is 9.90 Å². The van der Waals surface area contributed by atoms with Crippen molar-refractivity contribution in [2.24, 2.45) is 0 Å². The monoisotopic (exact) mass is 497 g/mol. The normalized spacial score (nSPS) is 15.8. The summed E-state index contributed by atoms with van der Waals surface area (Å²) in [5, 5.41) is 18.7. The Balaban J connectivity index is 1.21. The Labute approximate surface area is 214 Å². The van der Waals surface area contributed by atoms with E-state index in [4.69, 9.17) is 0 Å². The van der Waals surface area contributed by atoms with Gasteiger partial charge in [-0.15, -0.1) is 0 Å². The molecular formula is C26H27N9O2. The molecule has 11 heteroatoms. The van der Waals surface area contributed by atoms with Gasteiger partial charge in [0.1, 0.15) is 23.4 Å². The molecule has 0 aliphatic carbocycles. The summed E-state index contributed by atoms with van der Waals surface area (Å²) in [7, 11) is 0. The fourth-order valence-electron chi connectivity index (χ4n) is 4.04. The molecule has 188 valence electrons. The van der Waals surface area contributed by atoms with Crippen molar-refractivity contribution >= 4 is 29.2 Å². The summed E-state index contributed by atoms with van der Waals surface area (Å²) in [6.45, 7) is 4.58. The number of carboxylic acids is 1. The van der Waals surface area contributed by atoms with E-state index >= 15 is 0 Å². The highest BCUT2D eigenvalue weighted by Gasteiger charge is 2.24. The van der Waals surface area contributed by atoms with Crippen molar-refractivity contribution in [3.63, 3.8) is 0 Å². The maximum atomic E-state index is 11.3. The van der Waals surface area contributed by atoms with Crippen molar-refractivity contribution in [2.45, 2.75) is 19.5 Å². The summed E-state index contributed by atoms with van der Waals surface area (Å²) in [6.07, 6.45) is 3.35. The second-order valence-electron chi connectivity index (χ2n) is 8.72. The molecule has 37 heavy (non-hydrogen) atoms. The molecule has 4 heterocycles. The SMILES string of the molecule is Cc1cccc(-c2nccc(Nc3ccnc(Nc4ccc(CN5CCN[C@H](C(=O)O)C5)cc4)n3)n2)n1. The Bertz CT molecular complexity index is 1380. The van der Waals surface area contributed by atoms with Crippen LogP contribution in [0, 0.1) is 6.92 Å². The summed E-state index contributed by atoms with van der Waals surface area (Å²) in [5.74, 6) is 1.34. The van der Waals surface area contributed by atoms with Crippen LogP contribution in [0.2, 0.25) is 0 Å². The number of hydrogen-bond donors (Lipinski definition) is 4. The van der Waals surface area contributed by atoms with E-state index in [0.29, 0.717) is 48.7 Å². The zero-order chi connectivity index (χ0) is 25.6. The molecule has 0 amide bonds. The van der Waals surface area contributed by atoms with Gasteiger partial charge in [-0.2, -0.15) is 4.98 Å².